The predicted molar refractivity (Wildman–Crippen MR) is 104 cm³/mol. The molecule has 0 spiro atoms. The van der Waals surface area contributed by atoms with Gasteiger partial charge in [-0.05, 0) is 24.3 Å². The third kappa shape index (κ3) is 3.23. The highest BCUT2D eigenvalue weighted by Gasteiger charge is 2.18. The molecule has 1 atom stereocenters. The maximum Gasteiger partial charge on any atom is 0.197 e. The molecule has 0 saturated carbocycles. The van der Waals surface area contributed by atoms with Crippen LogP contribution in [0.5, 0.6) is 0 Å². The predicted octanol–water partition coefficient (Wildman–Crippen LogP) is 2.50. The number of rotatable bonds is 4. The van der Waals surface area contributed by atoms with E-state index < -0.39 is 6.10 Å². The number of morpholine rings is 1. The number of benzene rings is 2. The van der Waals surface area contributed by atoms with Crippen molar-refractivity contribution < 1.29 is 9.84 Å². The fourth-order valence-corrected chi connectivity index (χ4v) is 3.96. The summed E-state index contributed by atoms with van der Waals surface area (Å²) in [6, 6.07) is 12.8. The summed E-state index contributed by atoms with van der Waals surface area (Å²) in [5, 5.41) is 12.4. The van der Waals surface area contributed by atoms with Crippen molar-refractivity contribution in [3.05, 3.63) is 57.7 Å². The van der Waals surface area contributed by atoms with Gasteiger partial charge in [0, 0.05) is 30.4 Å². The van der Waals surface area contributed by atoms with Gasteiger partial charge in [-0.25, -0.2) is 0 Å². The summed E-state index contributed by atoms with van der Waals surface area (Å²) < 4.78 is 7.33. The summed E-state index contributed by atoms with van der Waals surface area (Å²) in [5.74, 6) is 0. The van der Waals surface area contributed by atoms with Crippen LogP contribution < -0.4 is 5.43 Å². The Hall–Kier alpha value is -1.92. The molecule has 1 N–H and O–H groups in total. The Morgan fingerprint density at radius 3 is 2.58 bits per heavy atom. The Labute approximate surface area is 156 Å². The second kappa shape index (κ2) is 7.37. The molecule has 1 aliphatic heterocycles. The quantitative estimate of drug-likeness (QED) is 0.715. The van der Waals surface area contributed by atoms with E-state index in [1.54, 1.807) is 18.2 Å². The van der Waals surface area contributed by atoms with E-state index in [0.717, 1.165) is 18.6 Å². The second-order valence-corrected chi connectivity index (χ2v) is 7.07. The van der Waals surface area contributed by atoms with Gasteiger partial charge in [0.25, 0.3) is 0 Å². The normalized spacial score (nSPS) is 17.0. The van der Waals surface area contributed by atoms with Crippen LogP contribution >= 0.6 is 11.6 Å². The summed E-state index contributed by atoms with van der Waals surface area (Å²) in [6.45, 7) is 3.98. The topological polar surface area (TPSA) is 54.7 Å². The van der Waals surface area contributed by atoms with Crippen molar-refractivity contribution in [2.75, 3.05) is 32.8 Å². The molecule has 3 aromatic rings. The van der Waals surface area contributed by atoms with Crippen molar-refractivity contribution >= 4 is 33.4 Å². The third-order valence-electron chi connectivity index (χ3n) is 4.91. The number of para-hydroxylation sites is 2. The average Bonchev–Trinajstić information content (AvgIpc) is 2.66. The van der Waals surface area contributed by atoms with Gasteiger partial charge in [0.2, 0.25) is 0 Å². The second-order valence-electron chi connectivity index (χ2n) is 6.66. The summed E-state index contributed by atoms with van der Waals surface area (Å²) in [5.41, 5.74) is 1.44. The van der Waals surface area contributed by atoms with Gasteiger partial charge in [-0.15, -0.1) is 0 Å². The van der Waals surface area contributed by atoms with Crippen LogP contribution in [0.1, 0.15) is 0 Å². The number of hydrogen-bond donors (Lipinski definition) is 1. The Morgan fingerprint density at radius 2 is 1.77 bits per heavy atom. The highest BCUT2D eigenvalue weighted by atomic mass is 35.5. The lowest BCUT2D eigenvalue weighted by Gasteiger charge is -2.29. The maximum absolute atomic E-state index is 12.8. The standard InChI is InChI=1S/C20H21ClN2O3/c21-17-6-3-5-16-19(17)23(18-7-2-1-4-15(18)20(16)25)13-14(24)12-22-8-10-26-11-9-22/h1-7,14,24H,8-13H2. The van der Waals surface area contributed by atoms with E-state index in [-0.39, 0.29) is 5.43 Å². The molecule has 0 radical (unpaired) electrons. The monoisotopic (exact) mass is 372 g/mol. The molecule has 0 amide bonds. The molecule has 1 aromatic heterocycles. The van der Waals surface area contributed by atoms with E-state index in [0.29, 0.717) is 47.6 Å². The van der Waals surface area contributed by atoms with Crippen LogP contribution in [-0.4, -0.2) is 53.5 Å². The lowest BCUT2D eigenvalue weighted by molar-refractivity contribution is 0.0119. The number of aliphatic hydroxyl groups excluding tert-OH is 1. The van der Waals surface area contributed by atoms with Crippen molar-refractivity contribution in [2.24, 2.45) is 0 Å². The Morgan fingerprint density at radius 1 is 1.04 bits per heavy atom. The zero-order valence-electron chi connectivity index (χ0n) is 14.4. The summed E-state index contributed by atoms with van der Waals surface area (Å²) in [4.78, 5) is 15.0. The molecule has 6 heteroatoms. The van der Waals surface area contributed by atoms with Crippen LogP contribution in [0, 0.1) is 0 Å². The molecule has 136 valence electrons. The van der Waals surface area contributed by atoms with Crippen LogP contribution in [0.25, 0.3) is 21.8 Å². The molecule has 26 heavy (non-hydrogen) atoms. The third-order valence-corrected chi connectivity index (χ3v) is 5.21. The maximum atomic E-state index is 12.8. The molecule has 1 saturated heterocycles. The Balaban J connectivity index is 1.79. The first-order valence-electron chi connectivity index (χ1n) is 8.83. The van der Waals surface area contributed by atoms with Gasteiger partial charge in [-0.1, -0.05) is 29.8 Å². The van der Waals surface area contributed by atoms with E-state index in [1.165, 1.54) is 0 Å². The van der Waals surface area contributed by atoms with Gasteiger partial charge in [0.1, 0.15) is 0 Å². The summed E-state index contributed by atoms with van der Waals surface area (Å²) in [7, 11) is 0. The van der Waals surface area contributed by atoms with Crippen molar-refractivity contribution in [1.82, 2.24) is 9.47 Å². The lowest BCUT2D eigenvalue weighted by Crippen LogP contribution is -2.42. The fourth-order valence-electron chi connectivity index (χ4n) is 3.68. The van der Waals surface area contributed by atoms with Gasteiger partial charge < -0.3 is 14.4 Å². The molecule has 0 aliphatic carbocycles. The highest BCUT2D eigenvalue weighted by Crippen LogP contribution is 2.26. The summed E-state index contributed by atoms with van der Waals surface area (Å²) in [6.07, 6.45) is -0.571. The lowest BCUT2D eigenvalue weighted by atomic mass is 10.1. The molecular weight excluding hydrogens is 352 g/mol. The minimum absolute atomic E-state index is 0.0305. The van der Waals surface area contributed by atoms with E-state index >= 15 is 0 Å². The number of nitrogens with zero attached hydrogens (tertiary/aromatic N) is 2. The smallest absolute Gasteiger partial charge is 0.197 e. The van der Waals surface area contributed by atoms with Crippen LogP contribution in [0.2, 0.25) is 5.02 Å². The van der Waals surface area contributed by atoms with Crippen LogP contribution in [0.4, 0.5) is 0 Å². The number of hydrogen-bond acceptors (Lipinski definition) is 4. The van der Waals surface area contributed by atoms with E-state index in [2.05, 4.69) is 4.90 Å². The average molecular weight is 373 g/mol. The number of ether oxygens (including phenoxy) is 1. The zero-order chi connectivity index (χ0) is 18.1. The van der Waals surface area contributed by atoms with Crippen LogP contribution in [-0.2, 0) is 11.3 Å². The van der Waals surface area contributed by atoms with E-state index in [1.807, 2.05) is 28.8 Å². The fraction of sp³-hybridized carbons (Fsp3) is 0.350. The van der Waals surface area contributed by atoms with Crippen molar-refractivity contribution in [3.8, 4) is 0 Å². The van der Waals surface area contributed by atoms with Crippen molar-refractivity contribution in [3.63, 3.8) is 0 Å². The minimum atomic E-state index is -0.571. The Bertz CT molecular complexity index is 995. The van der Waals surface area contributed by atoms with Crippen LogP contribution in [0.3, 0.4) is 0 Å². The number of halogens is 1. The number of aromatic nitrogens is 1. The largest absolute Gasteiger partial charge is 0.390 e. The van der Waals surface area contributed by atoms with Gasteiger partial charge in [0.15, 0.2) is 5.43 Å². The van der Waals surface area contributed by atoms with E-state index in [9.17, 15) is 9.90 Å². The van der Waals surface area contributed by atoms with E-state index in [4.69, 9.17) is 16.3 Å². The molecular formula is C20H21ClN2O3. The van der Waals surface area contributed by atoms with Gasteiger partial charge in [-0.3, -0.25) is 9.69 Å². The number of fused-ring (bicyclic) bond motifs is 2. The SMILES string of the molecule is O=c1c2ccccc2n(CC(O)CN2CCOCC2)c2c(Cl)cccc12. The number of pyridine rings is 1. The van der Waals surface area contributed by atoms with Crippen molar-refractivity contribution in [2.45, 2.75) is 12.6 Å². The molecule has 1 fully saturated rings. The number of aliphatic hydroxyl groups is 1. The first kappa shape index (κ1) is 17.5. The Kier molecular flexibility index (Phi) is 4.96. The molecule has 2 aromatic carbocycles. The molecule has 0 bridgehead atoms. The minimum Gasteiger partial charge on any atom is -0.390 e. The molecule has 1 unspecified atom stereocenters. The molecule has 5 nitrogen and oxygen atoms in total. The molecule has 2 heterocycles. The number of β-amino-alcohol motifs (C(OH)–C–C–N with tert-alkyl or cyclic N) is 1. The highest BCUT2D eigenvalue weighted by molar-refractivity contribution is 6.35. The van der Waals surface area contributed by atoms with Gasteiger partial charge >= 0.3 is 0 Å². The van der Waals surface area contributed by atoms with Crippen LogP contribution in [0.15, 0.2) is 47.3 Å². The summed E-state index contributed by atoms with van der Waals surface area (Å²) >= 11 is 6.44. The molecule has 4 rings (SSSR count). The van der Waals surface area contributed by atoms with Crippen molar-refractivity contribution in [1.29, 1.82) is 0 Å². The molecule has 1 aliphatic rings. The van der Waals surface area contributed by atoms with Gasteiger partial charge in [-0.2, -0.15) is 0 Å². The first-order valence-corrected chi connectivity index (χ1v) is 9.21. The van der Waals surface area contributed by atoms with Gasteiger partial charge in [0.05, 0.1) is 41.9 Å². The first-order chi connectivity index (χ1) is 12.6. The zero-order valence-corrected chi connectivity index (χ0v) is 15.2.